The fraction of sp³-hybridized carbons (Fsp3) is 0.923. The molecule has 1 amide bonds. The summed E-state index contributed by atoms with van der Waals surface area (Å²) in [5, 5.41) is 0. The Morgan fingerprint density at radius 3 is 2.41 bits per heavy atom. The van der Waals surface area contributed by atoms with Crippen LogP contribution in [0.4, 0.5) is 0 Å². The van der Waals surface area contributed by atoms with Crippen LogP contribution in [0.2, 0.25) is 0 Å². The third-order valence-corrected chi connectivity index (χ3v) is 3.73. The Morgan fingerprint density at radius 2 is 1.94 bits per heavy atom. The van der Waals surface area contributed by atoms with Gasteiger partial charge in [0.05, 0.1) is 12.7 Å². The van der Waals surface area contributed by atoms with Gasteiger partial charge in [-0.25, -0.2) is 0 Å². The molecular formula is C13H24ClNO2. The number of rotatable bonds is 5. The SMILES string of the molecule is CC(C)C(C)C(=O)N1CCC(OCCCl)CC1. The number of hydrogen-bond acceptors (Lipinski definition) is 2. The molecule has 0 bridgehead atoms. The van der Waals surface area contributed by atoms with Crippen molar-refractivity contribution in [3.05, 3.63) is 0 Å². The zero-order valence-corrected chi connectivity index (χ0v) is 11.9. The Kier molecular flexibility index (Phi) is 6.28. The third-order valence-electron chi connectivity index (χ3n) is 3.57. The molecule has 0 saturated carbocycles. The molecule has 1 heterocycles. The van der Waals surface area contributed by atoms with E-state index in [0.29, 0.717) is 18.4 Å². The van der Waals surface area contributed by atoms with Gasteiger partial charge in [-0.05, 0) is 18.8 Å². The molecule has 0 N–H and O–H groups in total. The Balaban J connectivity index is 2.33. The van der Waals surface area contributed by atoms with E-state index in [1.54, 1.807) is 0 Å². The second-order valence-corrected chi connectivity index (χ2v) is 5.50. The molecule has 0 spiro atoms. The average molecular weight is 262 g/mol. The van der Waals surface area contributed by atoms with Crippen LogP contribution in [-0.2, 0) is 9.53 Å². The highest BCUT2D eigenvalue weighted by Gasteiger charge is 2.27. The smallest absolute Gasteiger partial charge is 0.225 e. The van der Waals surface area contributed by atoms with Crippen LogP contribution in [-0.4, -0.2) is 42.5 Å². The molecule has 1 unspecified atom stereocenters. The van der Waals surface area contributed by atoms with Crippen molar-refractivity contribution in [2.45, 2.75) is 39.7 Å². The summed E-state index contributed by atoms with van der Waals surface area (Å²) in [5.41, 5.74) is 0. The lowest BCUT2D eigenvalue weighted by atomic mass is 9.95. The number of piperidine rings is 1. The zero-order valence-electron chi connectivity index (χ0n) is 11.1. The van der Waals surface area contributed by atoms with E-state index in [1.807, 2.05) is 11.8 Å². The number of ether oxygens (including phenoxy) is 1. The van der Waals surface area contributed by atoms with Crippen LogP contribution in [0.1, 0.15) is 33.6 Å². The molecule has 4 heteroatoms. The second-order valence-electron chi connectivity index (χ2n) is 5.12. The van der Waals surface area contributed by atoms with Crippen molar-refractivity contribution in [3.63, 3.8) is 0 Å². The fourth-order valence-corrected chi connectivity index (χ4v) is 2.12. The summed E-state index contributed by atoms with van der Waals surface area (Å²) in [6.07, 6.45) is 2.16. The topological polar surface area (TPSA) is 29.5 Å². The lowest BCUT2D eigenvalue weighted by Crippen LogP contribution is -2.44. The van der Waals surface area contributed by atoms with Gasteiger partial charge in [-0.1, -0.05) is 20.8 Å². The molecule has 1 aliphatic heterocycles. The van der Waals surface area contributed by atoms with Crippen molar-refractivity contribution < 1.29 is 9.53 Å². The lowest BCUT2D eigenvalue weighted by molar-refractivity contribution is -0.138. The van der Waals surface area contributed by atoms with Crippen LogP contribution >= 0.6 is 11.6 Å². The van der Waals surface area contributed by atoms with Crippen molar-refractivity contribution in [3.8, 4) is 0 Å². The second kappa shape index (κ2) is 7.22. The van der Waals surface area contributed by atoms with Gasteiger partial charge in [-0.2, -0.15) is 0 Å². The van der Waals surface area contributed by atoms with Crippen molar-refractivity contribution >= 4 is 17.5 Å². The summed E-state index contributed by atoms with van der Waals surface area (Å²) in [5.74, 6) is 1.36. The molecule has 1 atom stereocenters. The number of halogens is 1. The van der Waals surface area contributed by atoms with Crippen LogP contribution in [0, 0.1) is 11.8 Å². The minimum Gasteiger partial charge on any atom is -0.377 e. The molecule has 0 aromatic heterocycles. The largest absolute Gasteiger partial charge is 0.377 e. The fourth-order valence-electron chi connectivity index (χ4n) is 2.03. The van der Waals surface area contributed by atoms with E-state index in [0.717, 1.165) is 25.9 Å². The zero-order chi connectivity index (χ0) is 12.8. The predicted molar refractivity (Wildman–Crippen MR) is 70.3 cm³/mol. The van der Waals surface area contributed by atoms with Gasteiger partial charge in [-0.3, -0.25) is 4.79 Å². The van der Waals surface area contributed by atoms with E-state index in [1.165, 1.54) is 0 Å². The van der Waals surface area contributed by atoms with Gasteiger partial charge < -0.3 is 9.64 Å². The molecule has 1 rings (SSSR count). The summed E-state index contributed by atoms with van der Waals surface area (Å²) >= 11 is 5.59. The van der Waals surface area contributed by atoms with Crippen molar-refractivity contribution in [1.82, 2.24) is 4.90 Å². The van der Waals surface area contributed by atoms with Crippen molar-refractivity contribution in [1.29, 1.82) is 0 Å². The highest BCUT2D eigenvalue weighted by atomic mass is 35.5. The first-order chi connectivity index (χ1) is 8.06. The maximum atomic E-state index is 12.1. The molecule has 0 aromatic rings. The van der Waals surface area contributed by atoms with Crippen LogP contribution in [0.15, 0.2) is 0 Å². The van der Waals surface area contributed by atoms with Crippen LogP contribution in [0.5, 0.6) is 0 Å². The normalized spacial score (nSPS) is 19.7. The predicted octanol–water partition coefficient (Wildman–Crippen LogP) is 2.52. The molecule has 1 saturated heterocycles. The number of hydrogen-bond donors (Lipinski definition) is 0. The minimum absolute atomic E-state index is 0.121. The third kappa shape index (κ3) is 4.47. The molecule has 0 radical (unpaired) electrons. The highest BCUT2D eigenvalue weighted by molar-refractivity contribution is 6.17. The Morgan fingerprint density at radius 1 is 1.35 bits per heavy atom. The molecule has 0 aliphatic carbocycles. The van der Waals surface area contributed by atoms with Gasteiger partial charge in [0.1, 0.15) is 0 Å². The first-order valence-corrected chi connectivity index (χ1v) is 7.06. The molecule has 1 aliphatic rings. The molecule has 0 aromatic carbocycles. The van der Waals surface area contributed by atoms with Gasteiger partial charge in [0, 0.05) is 24.9 Å². The summed E-state index contributed by atoms with van der Waals surface area (Å²) in [6, 6.07) is 0. The monoisotopic (exact) mass is 261 g/mol. The lowest BCUT2D eigenvalue weighted by Gasteiger charge is -2.34. The van der Waals surface area contributed by atoms with E-state index < -0.39 is 0 Å². The van der Waals surface area contributed by atoms with Gasteiger partial charge in [-0.15, -0.1) is 11.6 Å². The van der Waals surface area contributed by atoms with Gasteiger partial charge in [0.25, 0.3) is 0 Å². The summed E-state index contributed by atoms with van der Waals surface area (Å²) in [4.78, 5) is 14.1. The number of nitrogens with zero attached hydrogens (tertiary/aromatic N) is 1. The first kappa shape index (κ1) is 14.8. The first-order valence-electron chi connectivity index (χ1n) is 6.52. The van der Waals surface area contributed by atoms with E-state index in [9.17, 15) is 4.79 Å². The maximum absolute atomic E-state index is 12.1. The van der Waals surface area contributed by atoms with Gasteiger partial charge in [0.2, 0.25) is 5.91 Å². The molecule has 3 nitrogen and oxygen atoms in total. The number of carbonyl (C=O) groups excluding carboxylic acids is 1. The van der Waals surface area contributed by atoms with Crippen LogP contribution in [0.25, 0.3) is 0 Å². The Labute approximate surface area is 109 Å². The molecular weight excluding hydrogens is 238 g/mol. The number of amides is 1. The van der Waals surface area contributed by atoms with Gasteiger partial charge >= 0.3 is 0 Å². The van der Waals surface area contributed by atoms with Crippen LogP contribution in [0.3, 0.4) is 0 Å². The molecule has 1 fully saturated rings. The van der Waals surface area contributed by atoms with Gasteiger partial charge in [0.15, 0.2) is 0 Å². The minimum atomic E-state index is 0.121. The van der Waals surface area contributed by atoms with E-state index >= 15 is 0 Å². The van der Waals surface area contributed by atoms with E-state index in [-0.39, 0.29) is 17.9 Å². The van der Waals surface area contributed by atoms with Crippen molar-refractivity contribution in [2.75, 3.05) is 25.6 Å². The Hall–Kier alpha value is -0.280. The van der Waals surface area contributed by atoms with E-state index in [4.69, 9.17) is 16.3 Å². The highest BCUT2D eigenvalue weighted by Crippen LogP contribution is 2.19. The molecule has 100 valence electrons. The average Bonchev–Trinajstić information content (AvgIpc) is 2.35. The van der Waals surface area contributed by atoms with E-state index in [2.05, 4.69) is 13.8 Å². The maximum Gasteiger partial charge on any atom is 0.225 e. The van der Waals surface area contributed by atoms with Crippen molar-refractivity contribution in [2.24, 2.45) is 11.8 Å². The number of carbonyl (C=O) groups is 1. The Bertz CT molecular complexity index is 238. The quantitative estimate of drug-likeness (QED) is 0.712. The summed E-state index contributed by atoms with van der Waals surface area (Å²) in [6.45, 7) is 8.47. The molecule has 17 heavy (non-hydrogen) atoms. The standard InChI is InChI=1S/C13H24ClNO2/c1-10(2)11(3)13(16)15-7-4-12(5-8-15)17-9-6-14/h10-12H,4-9H2,1-3H3. The summed E-state index contributed by atoms with van der Waals surface area (Å²) < 4.78 is 5.60. The van der Waals surface area contributed by atoms with Crippen LogP contribution < -0.4 is 0 Å². The number of alkyl halides is 1. The summed E-state index contributed by atoms with van der Waals surface area (Å²) in [7, 11) is 0. The number of likely N-dealkylation sites (tertiary alicyclic amines) is 1.